The van der Waals surface area contributed by atoms with Crippen LogP contribution in [-0.4, -0.2) is 23.4 Å². The lowest BCUT2D eigenvalue weighted by molar-refractivity contribution is 0.0600. The summed E-state index contributed by atoms with van der Waals surface area (Å²) >= 11 is 6.31. The Labute approximate surface area is 202 Å². The largest absolute Gasteiger partial charge is 0.465 e. The molecule has 0 N–H and O–H groups in total. The van der Waals surface area contributed by atoms with Crippen molar-refractivity contribution in [3.8, 4) is 11.1 Å². The van der Waals surface area contributed by atoms with Crippen LogP contribution in [0.2, 0.25) is 5.02 Å². The van der Waals surface area contributed by atoms with Gasteiger partial charge in [-0.3, -0.25) is 14.2 Å². The molecule has 0 bridgehead atoms. The molecule has 1 heterocycles. The van der Waals surface area contributed by atoms with Crippen LogP contribution in [0.1, 0.15) is 46.2 Å². The van der Waals surface area contributed by atoms with E-state index in [1.54, 1.807) is 47.0 Å². The van der Waals surface area contributed by atoms with Crippen molar-refractivity contribution >= 4 is 34.1 Å². The average Bonchev–Trinajstić information content (AvgIpc) is 2.86. The van der Waals surface area contributed by atoms with E-state index >= 15 is 0 Å². The highest BCUT2D eigenvalue weighted by Gasteiger charge is 2.23. The van der Waals surface area contributed by atoms with Crippen molar-refractivity contribution in [3.05, 3.63) is 105 Å². The van der Waals surface area contributed by atoms with E-state index in [1.807, 2.05) is 37.3 Å². The van der Waals surface area contributed by atoms with Crippen molar-refractivity contribution in [1.29, 1.82) is 0 Å². The Hall–Kier alpha value is -3.70. The Kier molecular flexibility index (Phi) is 6.94. The summed E-state index contributed by atoms with van der Waals surface area (Å²) < 4.78 is 6.31. The van der Waals surface area contributed by atoms with Crippen molar-refractivity contribution in [2.24, 2.45) is 0 Å². The van der Waals surface area contributed by atoms with Crippen LogP contribution in [-0.2, 0) is 11.3 Å². The summed E-state index contributed by atoms with van der Waals surface area (Å²) in [5.41, 5.74) is 2.84. The Morgan fingerprint density at radius 3 is 2.29 bits per heavy atom. The molecule has 0 spiro atoms. The molecule has 0 fully saturated rings. The third kappa shape index (κ3) is 4.52. The number of rotatable bonds is 7. The summed E-state index contributed by atoms with van der Waals surface area (Å²) in [6, 6.07) is 21.5. The van der Waals surface area contributed by atoms with E-state index in [0.717, 1.165) is 11.1 Å². The maximum absolute atomic E-state index is 13.7. The number of esters is 1. The standard InChI is InChI=1S/C28H24ClNO4/c1-3-7-24(31)26-25(19-8-5-4-6-9-19)23-16-21(29)14-15-22(23)27(32)30(26)17-18-10-12-20(13-11-18)28(33)34-2/h4-6,8-16H,3,7,17H2,1-2H3. The molecule has 6 heteroatoms. The molecule has 4 aromatic rings. The molecule has 0 radical (unpaired) electrons. The lowest BCUT2D eigenvalue weighted by atomic mass is 9.93. The molecule has 0 aliphatic rings. The van der Waals surface area contributed by atoms with Crippen LogP contribution in [0.4, 0.5) is 0 Å². The molecule has 0 aliphatic carbocycles. The minimum Gasteiger partial charge on any atom is -0.465 e. The smallest absolute Gasteiger partial charge is 0.337 e. The first-order valence-corrected chi connectivity index (χ1v) is 11.4. The van der Waals surface area contributed by atoms with Gasteiger partial charge >= 0.3 is 5.97 Å². The number of pyridine rings is 1. The maximum atomic E-state index is 13.7. The van der Waals surface area contributed by atoms with Gasteiger partial charge in [-0.15, -0.1) is 0 Å². The van der Waals surface area contributed by atoms with Gasteiger partial charge in [-0.25, -0.2) is 4.79 Å². The third-order valence-corrected chi connectivity index (χ3v) is 5.99. The number of nitrogens with zero attached hydrogens (tertiary/aromatic N) is 1. The molecule has 0 saturated carbocycles. The fourth-order valence-corrected chi connectivity index (χ4v) is 4.32. The zero-order valence-electron chi connectivity index (χ0n) is 19.0. The summed E-state index contributed by atoms with van der Waals surface area (Å²) in [5.74, 6) is -0.539. The second-order valence-corrected chi connectivity index (χ2v) is 8.47. The average molecular weight is 474 g/mol. The van der Waals surface area contributed by atoms with Gasteiger partial charge in [-0.2, -0.15) is 0 Å². The number of hydrogen-bond acceptors (Lipinski definition) is 4. The number of ether oxygens (including phenoxy) is 1. The Balaban J connectivity index is 2.00. The maximum Gasteiger partial charge on any atom is 0.337 e. The van der Waals surface area contributed by atoms with Crippen LogP contribution in [0, 0.1) is 0 Å². The number of halogens is 1. The quantitative estimate of drug-likeness (QED) is 0.239. The summed E-state index contributed by atoms with van der Waals surface area (Å²) in [7, 11) is 1.33. The summed E-state index contributed by atoms with van der Waals surface area (Å²) in [4.78, 5) is 38.9. The Morgan fingerprint density at radius 2 is 1.65 bits per heavy atom. The predicted octanol–water partition coefficient (Wildman–Crippen LogP) is 6.14. The van der Waals surface area contributed by atoms with Gasteiger partial charge in [0.15, 0.2) is 5.78 Å². The van der Waals surface area contributed by atoms with E-state index in [0.29, 0.717) is 45.5 Å². The van der Waals surface area contributed by atoms with Crippen LogP contribution < -0.4 is 5.56 Å². The van der Waals surface area contributed by atoms with Crippen molar-refractivity contribution in [2.45, 2.75) is 26.3 Å². The predicted molar refractivity (Wildman–Crippen MR) is 135 cm³/mol. The number of benzene rings is 3. The zero-order chi connectivity index (χ0) is 24.2. The number of aromatic nitrogens is 1. The van der Waals surface area contributed by atoms with Crippen LogP contribution in [0.25, 0.3) is 21.9 Å². The highest BCUT2D eigenvalue weighted by atomic mass is 35.5. The number of carbonyl (C=O) groups excluding carboxylic acids is 2. The fourth-order valence-electron chi connectivity index (χ4n) is 4.15. The van der Waals surface area contributed by atoms with Gasteiger partial charge in [0.1, 0.15) is 0 Å². The first kappa shape index (κ1) is 23.5. The van der Waals surface area contributed by atoms with Crippen molar-refractivity contribution in [1.82, 2.24) is 4.57 Å². The highest BCUT2D eigenvalue weighted by Crippen LogP contribution is 2.33. The normalized spacial score (nSPS) is 10.9. The Bertz CT molecular complexity index is 1420. The highest BCUT2D eigenvalue weighted by molar-refractivity contribution is 6.31. The molecule has 0 unspecified atom stereocenters. The molecule has 3 aromatic carbocycles. The monoisotopic (exact) mass is 473 g/mol. The fraction of sp³-hybridized carbons (Fsp3) is 0.179. The van der Waals surface area contributed by atoms with Gasteiger partial charge < -0.3 is 4.74 Å². The third-order valence-electron chi connectivity index (χ3n) is 5.75. The van der Waals surface area contributed by atoms with Gasteiger partial charge in [0, 0.05) is 22.4 Å². The SMILES string of the molecule is CCCC(=O)c1c(-c2ccccc2)c2cc(Cl)ccc2c(=O)n1Cc1ccc(C(=O)OC)cc1. The van der Waals surface area contributed by atoms with E-state index in [-0.39, 0.29) is 17.9 Å². The molecule has 1 aromatic heterocycles. The van der Waals surface area contributed by atoms with Crippen LogP contribution in [0.15, 0.2) is 77.6 Å². The van der Waals surface area contributed by atoms with Crippen molar-refractivity contribution in [3.63, 3.8) is 0 Å². The van der Waals surface area contributed by atoms with Gasteiger partial charge in [0.2, 0.25) is 0 Å². The van der Waals surface area contributed by atoms with Gasteiger partial charge in [0.25, 0.3) is 5.56 Å². The minimum absolute atomic E-state index is 0.105. The molecular weight excluding hydrogens is 450 g/mol. The van der Waals surface area contributed by atoms with E-state index in [1.165, 1.54) is 7.11 Å². The van der Waals surface area contributed by atoms with Gasteiger partial charge in [-0.05, 0) is 53.3 Å². The van der Waals surface area contributed by atoms with Crippen LogP contribution in [0.5, 0.6) is 0 Å². The molecular formula is C28H24ClNO4. The van der Waals surface area contributed by atoms with E-state index < -0.39 is 5.97 Å². The number of fused-ring (bicyclic) bond motifs is 1. The van der Waals surface area contributed by atoms with E-state index in [9.17, 15) is 14.4 Å². The number of hydrogen-bond donors (Lipinski definition) is 0. The molecule has 0 saturated heterocycles. The molecule has 5 nitrogen and oxygen atoms in total. The number of Topliss-reactive ketones (excluding diaryl/α,β-unsaturated/α-hetero) is 1. The minimum atomic E-state index is -0.434. The molecule has 34 heavy (non-hydrogen) atoms. The zero-order valence-corrected chi connectivity index (χ0v) is 19.8. The second-order valence-electron chi connectivity index (χ2n) is 8.03. The van der Waals surface area contributed by atoms with Crippen LogP contribution in [0.3, 0.4) is 0 Å². The second kappa shape index (κ2) is 10.1. The van der Waals surface area contributed by atoms with Gasteiger partial charge in [0.05, 0.1) is 24.9 Å². The first-order chi connectivity index (χ1) is 16.4. The molecule has 0 amide bonds. The number of methoxy groups -OCH3 is 1. The summed E-state index contributed by atoms with van der Waals surface area (Å²) in [6.45, 7) is 2.12. The Morgan fingerprint density at radius 1 is 0.941 bits per heavy atom. The molecule has 172 valence electrons. The number of ketones is 1. The number of carbonyl (C=O) groups is 2. The van der Waals surface area contributed by atoms with Crippen molar-refractivity contribution in [2.75, 3.05) is 7.11 Å². The molecule has 0 atom stereocenters. The summed E-state index contributed by atoms with van der Waals surface area (Å²) in [5, 5.41) is 1.64. The van der Waals surface area contributed by atoms with Gasteiger partial charge in [-0.1, -0.05) is 61.0 Å². The molecule has 4 rings (SSSR count). The summed E-state index contributed by atoms with van der Waals surface area (Å²) in [6.07, 6.45) is 0.968. The van der Waals surface area contributed by atoms with E-state index in [2.05, 4.69) is 0 Å². The molecule has 0 aliphatic heterocycles. The first-order valence-electron chi connectivity index (χ1n) is 11.1. The lowest BCUT2D eigenvalue weighted by Gasteiger charge is -2.20. The topological polar surface area (TPSA) is 65.4 Å². The van der Waals surface area contributed by atoms with Crippen molar-refractivity contribution < 1.29 is 14.3 Å². The lowest BCUT2D eigenvalue weighted by Crippen LogP contribution is -2.28. The van der Waals surface area contributed by atoms with Crippen LogP contribution >= 0.6 is 11.6 Å². The van der Waals surface area contributed by atoms with E-state index in [4.69, 9.17) is 16.3 Å².